The van der Waals surface area contributed by atoms with Crippen LogP contribution in [0.5, 0.6) is 0 Å². The van der Waals surface area contributed by atoms with E-state index in [1.165, 1.54) is 0 Å². The fourth-order valence-electron chi connectivity index (χ4n) is 1.77. The lowest BCUT2D eigenvalue weighted by atomic mass is 10.1. The topological polar surface area (TPSA) is 75.3 Å². The molecule has 1 aromatic heterocycles. The molecule has 0 aliphatic heterocycles. The van der Waals surface area contributed by atoms with Crippen LogP contribution in [-0.4, -0.2) is 26.0 Å². The van der Waals surface area contributed by atoms with Gasteiger partial charge in [-0.25, -0.2) is 4.79 Å². The van der Waals surface area contributed by atoms with Crippen molar-refractivity contribution in [2.75, 3.05) is 0 Å². The Hall–Kier alpha value is -1.88. The Morgan fingerprint density at radius 1 is 1.50 bits per heavy atom. The number of aliphatic hydroxyl groups excluding tert-OH is 1. The summed E-state index contributed by atoms with van der Waals surface area (Å²) in [5, 5.41) is 23.3. The number of aryl methyl sites for hydroxylation is 2. The van der Waals surface area contributed by atoms with Crippen molar-refractivity contribution >= 4 is 16.9 Å². The van der Waals surface area contributed by atoms with Crippen LogP contribution < -0.4 is 0 Å². The van der Waals surface area contributed by atoms with E-state index in [-0.39, 0.29) is 0 Å². The fourth-order valence-corrected chi connectivity index (χ4v) is 1.77. The Labute approximate surface area is 91.9 Å². The van der Waals surface area contributed by atoms with E-state index in [4.69, 9.17) is 5.11 Å². The van der Waals surface area contributed by atoms with Gasteiger partial charge in [-0.3, -0.25) is 4.68 Å². The van der Waals surface area contributed by atoms with Gasteiger partial charge in [-0.1, -0.05) is 12.1 Å². The summed E-state index contributed by atoms with van der Waals surface area (Å²) in [6.07, 6.45) is -1.49. The first-order valence-corrected chi connectivity index (χ1v) is 4.85. The standard InChI is InChI=1S/C11H12N2O3/c1-6-8-4-3-7(10(14)11(15)16)5-9(8)13(2)12-6/h3-5,10,14H,1-2H3,(H,15,16). The van der Waals surface area contributed by atoms with Gasteiger partial charge in [0.1, 0.15) is 0 Å². The van der Waals surface area contributed by atoms with Gasteiger partial charge in [0.05, 0.1) is 11.2 Å². The summed E-state index contributed by atoms with van der Waals surface area (Å²) in [5.74, 6) is -1.25. The van der Waals surface area contributed by atoms with Crippen molar-refractivity contribution < 1.29 is 15.0 Å². The summed E-state index contributed by atoms with van der Waals surface area (Å²) >= 11 is 0. The Kier molecular flexibility index (Phi) is 2.40. The largest absolute Gasteiger partial charge is 0.479 e. The van der Waals surface area contributed by atoms with Gasteiger partial charge >= 0.3 is 5.97 Å². The maximum absolute atomic E-state index is 10.7. The van der Waals surface area contributed by atoms with Crippen molar-refractivity contribution in [2.24, 2.45) is 7.05 Å². The maximum atomic E-state index is 10.7. The van der Waals surface area contributed by atoms with Gasteiger partial charge in [0.2, 0.25) is 0 Å². The first-order chi connectivity index (χ1) is 7.50. The summed E-state index contributed by atoms with van der Waals surface area (Å²) in [7, 11) is 1.78. The van der Waals surface area contributed by atoms with Crippen LogP contribution >= 0.6 is 0 Å². The second-order valence-corrected chi connectivity index (χ2v) is 3.73. The molecular weight excluding hydrogens is 208 g/mol. The van der Waals surface area contributed by atoms with Gasteiger partial charge in [0.25, 0.3) is 0 Å². The molecule has 0 fully saturated rings. The quantitative estimate of drug-likeness (QED) is 0.791. The lowest BCUT2D eigenvalue weighted by molar-refractivity contribution is -0.146. The van der Waals surface area contributed by atoms with Crippen LogP contribution in [0.25, 0.3) is 10.9 Å². The van der Waals surface area contributed by atoms with E-state index in [1.54, 1.807) is 29.9 Å². The number of hydrogen-bond acceptors (Lipinski definition) is 3. The Morgan fingerprint density at radius 2 is 2.19 bits per heavy atom. The number of fused-ring (bicyclic) bond motifs is 1. The van der Waals surface area contributed by atoms with Crippen LogP contribution in [0.15, 0.2) is 18.2 Å². The molecule has 5 heteroatoms. The molecule has 0 radical (unpaired) electrons. The molecule has 1 heterocycles. The summed E-state index contributed by atoms with van der Waals surface area (Å²) in [5.41, 5.74) is 2.06. The van der Waals surface area contributed by atoms with E-state index >= 15 is 0 Å². The highest BCUT2D eigenvalue weighted by Crippen LogP contribution is 2.22. The van der Waals surface area contributed by atoms with E-state index in [0.717, 1.165) is 16.6 Å². The third-order valence-corrected chi connectivity index (χ3v) is 2.61. The van der Waals surface area contributed by atoms with E-state index in [9.17, 15) is 9.90 Å². The number of carboxylic acid groups (broad SMARTS) is 1. The minimum atomic E-state index is -1.49. The monoisotopic (exact) mass is 220 g/mol. The van der Waals surface area contributed by atoms with E-state index in [1.807, 2.05) is 6.92 Å². The molecule has 0 saturated heterocycles. The molecule has 2 rings (SSSR count). The van der Waals surface area contributed by atoms with Crippen LogP contribution in [0.2, 0.25) is 0 Å². The Balaban J connectivity index is 2.60. The number of carboxylic acids is 1. The molecule has 0 spiro atoms. The number of aromatic nitrogens is 2. The molecule has 84 valence electrons. The molecule has 0 aliphatic rings. The number of rotatable bonds is 2. The number of carbonyl (C=O) groups is 1. The first kappa shape index (κ1) is 10.6. The van der Waals surface area contributed by atoms with Crippen LogP contribution in [-0.2, 0) is 11.8 Å². The van der Waals surface area contributed by atoms with Crippen molar-refractivity contribution in [3.63, 3.8) is 0 Å². The van der Waals surface area contributed by atoms with Crippen molar-refractivity contribution in [1.82, 2.24) is 9.78 Å². The summed E-state index contributed by atoms with van der Waals surface area (Å²) in [6, 6.07) is 5.03. The predicted octanol–water partition coefficient (Wildman–Crippen LogP) is 1.000. The second-order valence-electron chi connectivity index (χ2n) is 3.73. The van der Waals surface area contributed by atoms with Crippen molar-refractivity contribution in [3.8, 4) is 0 Å². The molecule has 1 aromatic carbocycles. The highest BCUT2D eigenvalue weighted by molar-refractivity contribution is 5.84. The highest BCUT2D eigenvalue weighted by Gasteiger charge is 2.17. The molecule has 1 unspecified atom stereocenters. The number of hydrogen-bond donors (Lipinski definition) is 2. The minimum absolute atomic E-state index is 0.364. The van der Waals surface area contributed by atoms with E-state index < -0.39 is 12.1 Å². The summed E-state index contributed by atoms with van der Waals surface area (Å²) < 4.78 is 1.67. The maximum Gasteiger partial charge on any atom is 0.337 e. The Bertz CT molecular complexity index is 560. The molecule has 0 aliphatic carbocycles. The zero-order chi connectivity index (χ0) is 11.9. The summed E-state index contributed by atoms with van der Waals surface area (Å²) in [4.78, 5) is 10.7. The molecule has 1 atom stereocenters. The fraction of sp³-hybridized carbons (Fsp3) is 0.273. The molecule has 16 heavy (non-hydrogen) atoms. The molecule has 0 bridgehead atoms. The molecule has 0 amide bonds. The lowest BCUT2D eigenvalue weighted by Gasteiger charge is -2.05. The van der Waals surface area contributed by atoms with Crippen LogP contribution in [0.1, 0.15) is 17.4 Å². The normalized spacial score (nSPS) is 12.9. The van der Waals surface area contributed by atoms with Crippen LogP contribution in [0, 0.1) is 6.92 Å². The number of benzene rings is 1. The van der Waals surface area contributed by atoms with Gasteiger partial charge in [-0.05, 0) is 18.6 Å². The predicted molar refractivity (Wildman–Crippen MR) is 58.0 cm³/mol. The van der Waals surface area contributed by atoms with Gasteiger partial charge in [0.15, 0.2) is 6.10 Å². The van der Waals surface area contributed by atoms with Gasteiger partial charge in [-0.2, -0.15) is 5.10 Å². The molecule has 5 nitrogen and oxygen atoms in total. The smallest absolute Gasteiger partial charge is 0.337 e. The lowest BCUT2D eigenvalue weighted by Crippen LogP contribution is -2.10. The molecular formula is C11H12N2O3. The number of nitrogens with zero attached hydrogens (tertiary/aromatic N) is 2. The highest BCUT2D eigenvalue weighted by atomic mass is 16.4. The average Bonchev–Trinajstić information content (AvgIpc) is 2.53. The zero-order valence-corrected chi connectivity index (χ0v) is 9.01. The first-order valence-electron chi connectivity index (χ1n) is 4.85. The van der Waals surface area contributed by atoms with E-state index in [2.05, 4.69) is 5.10 Å². The summed E-state index contributed by atoms with van der Waals surface area (Å²) in [6.45, 7) is 1.88. The SMILES string of the molecule is Cc1nn(C)c2cc(C(O)C(=O)O)ccc12. The average molecular weight is 220 g/mol. The molecule has 2 N–H and O–H groups in total. The second kappa shape index (κ2) is 3.61. The van der Waals surface area contributed by atoms with E-state index in [0.29, 0.717) is 5.56 Å². The van der Waals surface area contributed by atoms with Gasteiger partial charge < -0.3 is 10.2 Å². The third-order valence-electron chi connectivity index (χ3n) is 2.61. The number of aliphatic hydroxyl groups is 1. The zero-order valence-electron chi connectivity index (χ0n) is 9.01. The van der Waals surface area contributed by atoms with Crippen LogP contribution in [0.3, 0.4) is 0 Å². The van der Waals surface area contributed by atoms with Crippen molar-refractivity contribution in [1.29, 1.82) is 0 Å². The van der Waals surface area contributed by atoms with Crippen LogP contribution in [0.4, 0.5) is 0 Å². The van der Waals surface area contributed by atoms with Gasteiger partial charge in [0, 0.05) is 12.4 Å². The van der Waals surface area contributed by atoms with Crippen molar-refractivity contribution in [2.45, 2.75) is 13.0 Å². The number of aliphatic carboxylic acids is 1. The van der Waals surface area contributed by atoms with Crippen molar-refractivity contribution in [3.05, 3.63) is 29.5 Å². The Morgan fingerprint density at radius 3 is 2.81 bits per heavy atom. The molecule has 2 aromatic rings. The molecule has 0 saturated carbocycles. The third kappa shape index (κ3) is 1.55. The van der Waals surface area contributed by atoms with Gasteiger partial charge in [-0.15, -0.1) is 0 Å². The minimum Gasteiger partial charge on any atom is -0.479 e.